The van der Waals surface area contributed by atoms with Gasteiger partial charge in [-0.1, -0.05) is 23.7 Å². The number of carbonyl (C=O) groups is 1. The molecule has 3 rings (SSSR count). The van der Waals surface area contributed by atoms with Crippen molar-refractivity contribution in [2.45, 2.75) is 19.4 Å². The number of rotatable bonds is 8. The number of hydrogen-bond acceptors (Lipinski definition) is 6. The highest BCUT2D eigenvalue weighted by Gasteiger charge is 2.26. The van der Waals surface area contributed by atoms with Gasteiger partial charge in [0, 0.05) is 44.6 Å². The van der Waals surface area contributed by atoms with Crippen LogP contribution in [-0.4, -0.2) is 48.5 Å². The van der Waals surface area contributed by atoms with E-state index in [-0.39, 0.29) is 41.0 Å². The number of nitrogens with two attached hydrogens (primary N) is 1. The summed E-state index contributed by atoms with van der Waals surface area (Å²) in [7, 11) is 1.60. The first-order valence-corrected chi connectivity index (χ1v) is 10.2. The van der Waals surface area contributed by atoms with Crippen LogP contribution in [0.5, 0.6) is 0 Å². The summed E-state index contributed by atoms with van der Waals surface area (Å²) in [5, 5.41) is 8.95. The molecule has 5 N–H and O–H groups in total. The molecule has 2 heterocycles. The van der Waals surface area contributed by atoms with E-state index in [1.54, 1.807) is 19.2 Å². The Morgan fingerprint density at radius 2 is 2.13 bits per heavy atom. The summed E-state index contributed by atoms with van der Waals surface area (Å²) in [6.07, 6.45) is 2.75. The van der Waals surface area contributed by atoms with Crippen LogP contribution < -0.4 is 21.7 Å². The van der Waals surface area contributed by atoms with Gasteiger partial charge in [-0.05, 0) is 25.0 Å². The van der Waals surface area contributed by atoms with Crippen LogP contribution in [0.4, 0.5) is 14.6 Å². The smallest absolute Gasteiger partial charge is 0.261 e. The third-order valence-corrected chi connectivity index (χ3v) is 5.49. The van der Waals surface area contributed by atoms with Gasteiger partial charge in [0.25, 0.3) is 5.91 Å². The fourth-order valence-corrected chi connectivity index (χ4v) is 3.43. The lowest BCUT2D eigenvalue weighted by atomic mass is 10.1. The Labute approximate surface area is 184 Å². The quantitative estimate of drug-likeness (QED) is 0.493. The van der Waals surface area contributed by atoms with Gasteiger partial charge in [-0.25, -0.2) is 13.8 Å². The van der Waals surface area contributed by atoms with Crippen LogP contribution in [0.25, 0.3) is 0 Å². The predicted molar refractivity (Wildman–Crippen MR) is 117 cm³/mol. The average Bonchev–Trinajstić information content (AvgIpc) is 2.73. The molecule has 1 fully saturated rings. The van der Waals surface area contributed by atoms with Crippen molar-refractivity contribution >= 4 is 23.3 Å². The molecule has 0 radical (unpaired) electrons. The Balaban J connectivity index is 1.86. The van der Waals surface area contributed by atoms with Gasteiger partial charge in [-0.3, -0.25) is 9.69 Å². The molecule has 1 saturated heterocycles. The third-order valence-electron chi connectivity index (χ3n) is 5.20. The molecule has 0 spiro atoms. The molecular formula is C21H25ClF2N6O. The molecule has 0 aliphatic carbocycles. The second-order valence-corrected chi connectivity index (χ2v) is 7.59. The van der Waals surface area contributed by atoms with Crippen LogP contribution in [0.1, 0.15) is 21.5 Å². The number of pyridine rings is 1. The molecule has 0 atom stereocenters. The standard InChI is InChI=1S/C21H25ClF2N6O/c1-12-15(11-28-20(18(12)23)29-14-9-27-10-14)21(31)30(17(8-25)26-2)7-6-13-4-3-5-16(22)19(13)24/h3-5,8,11,14,26-27H,6-7,9-10,25H2,1-2H3,(H,28,29)/b17-8+. The minimum absolute atomic E-state index is 0.00505. The van der Waals surface area contributed by atoms with Crippen molar-refractivity contribution in [3.05, 3.63) is 69.8 Å². The van der Waals surface area contributed by atoms with Crippen molar-refractivity contribution in [1.29, 1.82) is 0 Å². The monoisotopic (exact) mass is 450 g/mol. The number of halogens is 3. The lowest BCUT2D eigenvalue weighted by Gasteiger charge is -2.29. The molecule has 31 heavy (non-hydrogen) atoms. The van der Waals surface area contributed by atoms with Gasteiger partial charge in [0.05, 0.1) is 16.6 Å². The maximum atomic E-state index is 14.9. The number of nitrogens with one attached hydrogen (secondary N) is 3. The Bertz CT molecular complexity index is 996. The van der Waals surface area contributed by atoms with Crippen molar-refractivity contribution in [2.75, 3.05) is 32.0 Å². The minimum atomic E-state index is -0.582. The summed E-state index contributed by atoms with van der Waals surface area (Å²) < 4.78 is 29.2. The van der Waals surface area contributed by atoms with Crippen LogP contribution in [-0.2, 0) is 6.42 Å². The molecule has 166 valence electrons. The van der Waals surface area contributed by atoms with E-state index in [0.717, 1.165) is 13.1 Å². The SMILES string of the molecule is CN/C(=C\N)N(CCc1cccc(Cl)c1F)C(=O)c1cnc(NC2CNC2)c(F)c1C. The van der Waals surface area contributed by atoms with E-state index in [9.17, 15) is 13.6 Å². The fraction of sp³-hybridized carbons (Fsp3) is 0.333. The topological polar surface area (TPSA) is 95.3 Å². The molecule has 0 unspecified atom stereocenters. The zero-order chi connectivity index (χ0) is 22.5. The Morgan fingerprint density at radius 1 is 1.39 bits per heavy atom. The minimum Gasteiger partial charge on any atom is -0.402 e. The molecule has 2 aromatic rings. The highest BCUT2D eigenvalue weighted by molar-refractivity contribution is 6.30. The van der Waals surface area contributed by atoms with Gasteiger partial charge in [0.1, 0.15) is 11.6 Å². The lowest BCUT2D eigenvalue weighted by Crippen LogP contribution is -2.51. The van der Waals surface area contributed by atoms with E-state index < -0.39 is 17.5 Å². The predicted octanol–water partition coefficient (Wildman–Crippen LogP) is 2.37. The lowest BCUT2D eigenvalue weighted by molar-refractivity contribution is 0.0796. The molecule has 1 amide bonds. The average molecular weight is 451 g/mol. The maximum Gasteiger partial charge on any atom is 0.261 e. The summed E-state index contributed by atoms with van der Waals surface area (Å²) in [6, 6.07) is 4.78. The van der Waals surface area contributed by atoms with Crippen molar-refractivity contribution in [3.63, 3.8) is 0 Å². The number of anilines is 1. The molecule has 0 bridgehead atoms. The van der Waals surface area contributed by atoms with E-state index >= 15 is 0 Å². The molecule has 7 nitrogen and oxygen atoms in total. The van der Waals surface area contributed by atoms with E-state index in [2.05, 4.69) is 20.9 Å². The highest BCUT2D eigenvalue weighted by atomic mass is 35.5. The van der Waals surface area contributed by atoms with Gasteiger partial charge in [-0.15, -0.1) is 0 Å². The Morgan fingerprint density at radius 3 is 2.74 bits per heavy atom. The van der Waals surface area contributed by atoms with Gasteiger partial charge in [0.15, 0.2) is 11.6 Å². The first-order valence-electron chi connectivity index (χ1n) is 9.84. The van der Waals surface area contributed by atoms with Crippen molar-refractivity contribution in [3.8, 4) is 0 Å². The number of hydrogen-bond donors (Lipinski definition) is 4. The molecule has 1 aromatic carbocycles. The molecule has 1 aromatic heterocycles. The highest BCUT2D eigenvalue weighted by Crippen LogP contribution is 2.23. The van der Waals surface area contributed by atoms with Gasteiger partial charge >= 0.3 is 0 Å². The number of nitrogens with zero attached hydrogens (tertiary/aromatic N) is 2. The molecular weight excluding hydrogens is 426 g/mol. The molecule has 0 saturated carbocycles. The van der Waals surface area contributed by atoms with Crippen LogP contribution in [0.15, 0.2) is 36.4 Å². The Hall–Kier alpha value is -2.91. The second kappa shape index (κ2) is 9.93. The summed E-state index contributed by atoms with van der Waals surface area (Å²) in [6.45, 7) is 3.06. The first kappa shape index (κ1) is 22.8. The summed E-state index contributed by atoms with van der Waals surface area (Å²) >= 11 is 5.85. The largest absolute Gasteiger partial charge is 0.402 e. The first-order chi connectivity index (χ1) is 14.9. The molecule has 10 heteroatoms. The number of benzene rings is 1. The summed E-state index contributed by atoms with van der Waals surface area (Å²) in [5.74, 6) is -1.22. The Kier molecular flexibility index (Phi) is 7.29. The second-order valence-electron chi connectivity index (χ2n) is 7.18. The zero-order valence-electron chi connectivity index (χ0n) is 17.3. The number of carbonyl (C=O) groups excluding carboxylic acids is 1. The van der Waals surface area contributed by atoms with Crippen LogP contribution in [0.2, 0.25) is 5.02 Å². The number of amides is 1. The summed E-state index contributed by atoms with van der Waals surface area (Å²) in [5.41, 5.74) is 6.29. The van der Waals surface area contributed by atoms with Crippen LogP contribution in [0.3, 0.4) is 0 Å². The van der Waals surface area contributed by atoms with E-state index in [1.165, 1.54) is 30.3 Å². The fourth-order valence-electron chi connectivity index (χ4n) is 3.24. The van der Waals surface area contributed by atoms with Crippen molar-refractivity contribution < 1.29 is 13.6 Å². The molecule has 1 aliphatic heterocycles. The van der Waals surface area contributed by atoms with Crippen molar-refractivity contribution in [2.24, 2.45) is 5.73 Å². The maximum absolute atomic E-state index is 14.9. The van der Waals surface area contributed by atoms with E-state index in [0.29, 0.717) is 11.4 Å². The van der Waals surface area contributed by atoms with Gasteiger partial charge in [-0.2, -0.15) is 0 Å². The zero-order valence-corrected chi connectivity index (χ0v) is 18.1. The summed E-state index contributed by atoms with van der Waals surface area (Å²) in [4.78, 5) is 18.7. The van der Waals surface area contributed by atoms with Crippen LogP contribution in [0, 0.1) is 18.6 Å². The van der Waals surface area contributed by atoms with Gasteiger partial charge < -0.3 is 21.7 Å². The normalized spacial score (nSPS) is 14.2. The van der Waals surface area contributed by atoms with Gasteiger partial charge in [0.2, 0.25) is 0 Å². The van der Waals surface area contributed by atoms with Crippen LogP contribution >= 0.6 is 11.6 Å². The molecule has 1 aliphatic rings. The van der Waals surface area contributed by atoms with Crippen molar-refractivity contribution in [1.82, 2.24) is 20.5 Å². The van der Waals surface area contributed by atoms with E-state index in [1.807, 2.05) is 0 Å². The number of aromatic nitrogens is 1. The third kappa shape index (κ3) is 4.88. The van der Waals surface area contributed by atoms with E-state index in [4.69, 9.17) is 17.3 Å².